The molecule has 1 heteroatoms. The molecule has 0 saturated heterocycles. The van der Waals surface area contributed by atoms with Gasteiger partial charge in [-0.2, -0.15) is 0 Å². The lowest BCUT2D eigenvalue weighted by molar-refractivity contribution is 0.540. The molecule has 0 heterocycles. The Labute approximate surface area is 221 Å². The third-order valence-corrected chi connectivity index (χ3v) is 7.59. The molecular formula is C35H49N. The summed E-state index contributed by atoms with van der Waals surface area (Å²) < 4.78 is 0. The SMILES string of the molecule is CCCCCCCCCCCCc1ccc(C(C)NCCC(c2ccccc2)c2ccccc2)cc1. The average Bonchev–Trinajstić information content (AvgIpc) is 2.93. The largest absolute Gasteiger partial charge is 0.310 e. The van der Waals surface area contributed by atoms with Gasteiger partial charge in [-0.15, -0.1) is 0 Å². The van der Waals surface area contributed by atoms with Crippen LogP contribution in [0.2, 0.25) is 0 Å². The minimum absolute atomic E-state index is 0.364. The van der Waals surface area contributed by atoms with E-state index in [-0.39, 0.29) is 0 Å². The molecule has 0 amide bonds. The fraction of sp³-hybridized carbons (Fsp3) is 0.486. The Hall–Kier alpha value is -2.38. The summed E-state index contributed by atoms with van der Waals surface area (Å²) in [6.45, 7) is 5.58. The van der Waals surface area contributed by atoms with Crippen molar-refractivity contribution in [2.45, 2.75) is 103 Å². The normalized spacial score (nSPS) is 12.2. The van der Waals surface area contributed by atoms with Crippen molar-refractivity contribution in [3.63, 3.8) is 0 Å². The van der Waals surface area contributed by atoms with Gasteiger partial charge >= 0.3 is 0 Å². The van der Waals surface area contributed by atoms with Crippen molar-refractivity contribution < 1.29 is 0 Å². The van der Waals surface area contributed by atoms with Gasteiger partial charge in [0.2, 0.25) is 0 Å². The molecule has 194 valence electrons. The molecule has 3 aromatic carbocycles. The van der Waals surface area contributed by atoms with Crippen LogP contribution in [0.1, 0.15) is 119 Å². The summed E-state index contributed by atoms with van der Waals surface area (Å²) in [6.07, 6.45) is 16.3. The van der Waals surface area contributed by atoms with Crippen LogP contribution in [0.3, 0.4) is 0 Å². The van der Waals surface area contributed by atoms with Gasteiger partial charge in [0.25, 0.3) is 0 Å². The molecule has 3 aromatic rings. The summed E-state index contributed by atoms with van der Waals surface area (Å²) >= 11 is 0. The minimum atomic E-state index is 0.364. The highest BCUT2D eigenvalue weighted by Gasteiger charge is 2.14. The molecule has 1 N–H and O–H groups in total. The smallest absolute Gasteiger partial charge is 0.0291 e. The van der Waals surface area contributed by atoms with Gasteiger partial charge in [-0.25, -0.2) is 0 Å². The summed E-state index contributed by atoms with van der Waals surface area (Å²) in [5, 5.41) is 3.78. The molecule has 3 rings (SSSR count). The van der Waals surface area contributed by atoms with Gasteiger partial charge in [-0.3, -0.25) is 0 Å². The molecule has 0 aliphatic carbocycles. The van der Waals surface area contributed by atoms with Crippen molar-refractivity contribution in [3.8, 4) is 0 Å². The number of unbranched alkanes of at least 4 members (excludes halogenated alkanes) is 9. The second-order valence-corrected chi connectivity index (χ2v) is 10.5. The van der Waals surface area contributed by atoms with Gasteiger partial charge in [-0.05, 0) is 55.0 Å². The molecule has 0 aromatic heterocycles. The van der Waals surface area contributed by atoms with E-state index in [1.54, 1.807) is 0 Å². The third-order valence-electron chi connectivity index (χ3n) is 7.59. The maximum Gasteiger partial charge on any atom is 0.0291 e. The number of rotatable bonds is 18. The van der Waals surface area contributed by atoms with Crippen LogP contribution in [0, 0.1) is 0 Å². The predicted octanol–water partition coefficient (Wildman–Crippen LogP) is 10.0. The average molecular weight is 484 g/mol. The van der Waals surface area contributed by atoms with Crippen LogP contribution in [0.15, 0.2) is 84.9 Å². The van der Waals surface area contributed by atoms with E-state index in [0.29, 0.717) is 12.0 Å². The zero-order valence-electron chi connectivity index (χ0n) is 22.9. The van der Waals surface area contributed by atoms with Crippen molar-refractivity contribution in [2.75, 3.05) is 6.54 Å². The van der Waals surface area contributed by atoms with E-state index >= 15 is 0 Å². The molecule has 1 atom stereocenters. The van der Waals surface area contributed by atoms with E-state index in [0.717, 1.165) is 13.0 Å². The molecule has 0 saturated carbocycles. The number of hydrogen-bond donors (Lipinski definition) is 1. The van der Waals surface area contributed by atoms with Crippen LogP contribution < -0.4 is 5.32 Å². The summed E-state index contributed by atoms with van der Waals surface area (Å²) in [6, 6.07) is 31.6. The molecule has 0 bridgehead atoms. The minimum Gasteiger partial charge on any atom is -0.310 e. The molecule has 36 heavy (non-hydrogen) atoms. The van der Waals surface area contributed by atoms with E-state index in [1.165, 1.54) is 92.9 Å². The fourth-order valence-electron chi connectivity index (χ4n) is 5.25. The topological polar surface area (TPSA) is 12.0 Å². The maximum atomic E-state index is 3.78. The lowest BCUT2D eigenvalue weighted by atomic mass is 9.88. The second kappa shape index (κ2) is 17.1. The van der Waals surface area contributed by atoms with E-state index in [9.17, 15) is 0 Å². The van der Waals surface area contributed by atoms with Crippen LogP contribution >= 0.6 is 0 Å². The van der Waals surface area contributed by atoms with E-state index in [4.69, 9.17) is 0 Å². The van der Waals surface area contributed by atoms with Crippen molar-refractivity contribution in [3.05, 3.63) is 107 Å². The number of benzene rings is 3. The Morgan fingerprint density at radius 1 is 0.556 bits per heavy atom. The van der Waals surface area contributed by atoms with E-state index in [2.05, 4.69) is 104 Å². The number of hydrogen-bond acceptors (Lipinski definition) is 1. The van der Waals surface area contributed by atoms with Gasteiger partial charge in [0.15, 0.2) is 0 Å². The predicted molar refractivity (Wildman–Crippen MR) is 158 cm³/mol. The van der Waals surface area contributed by atoms with E-state index < -0.39 is 0 Å². The Kier molecular flexibility index (Phi) is 13.4. The lowest BCUT2D eigenvalue weighted by Crippen LogP contribution is -2.22. The highest BCUT2D eigenvalue weighted by atomic mass is 14.9. The molecule has 0 spiro atoms. The van der Waals surface area contributed by atoms with Crippen molar-refractivity contribution in [1.82, 2.24) is 5.32 Å². The highest BCUT2D eigenvalue weighted by molar-refractivity contribution is 5.32. The van der Waals surface area contributed by atoms with Crippen molar-refractivity contribution in [2.24, 2.45) is 0 Å². The molecule has 0 radical (unpaired) electrons. The highest BCUT2D eigenvalue weighted by Crippen LogP contribution is 2.28. The summed E-state index contributed by atoms with van der Waals surface area (Å²) in [5.74, 6) is 0.426. The maximum absolute atomic E-state index is 3.78. The standard InChI is InChI=1S/C35H49N/c1-3-4-5-6-7-8-9-10-11-14-19-31-24-26-32(27-25-31)30(2)36-29-28-35(33-20-15-12-16-21-33)34-22-17-13-18-23-34/h12-13,15-18,20-27,30,35-36H,3-11,14,19,28-29H2,1-2H3. The van der Waals surface area contributed by atoms with Gasteiger partial charge < -0.3 is 5.32 Å². The zero-order valence-corrected chi connectivity index (χ0v) is 22.9. The first-order chi connectivity index (χ1) is 17.8. The summed E-state index contributed by atoms with van der Waals surface area (Å²) in [7, 11) is 0. The van der Waals surface area contributed by atoms with E-state index in [1.807, 2.05) is 0 Å². The molecular weight excluding hydrogens is 434 g/mol. The first-order valence-corrected chi connectivity index (χ1v) is 14.7. The quantitative estimate of drug-likeness (QED) is 0.177. The number of aryl methyl sites for hydroxylation is 1. The molecule has 0 aliphatic rings. The van der Waals surface area contributed by atoms with Crippen LogP contribution in [0.25, 0.3) is 0 Å². The molecule has 0 aliphatic heterocycles. The Balaban J connectivity index is 1.36. The Bertz CT molecular complexity index is 876. The van der Waals surface area contributed by atoms with Gasteiger partial charge in [0.05, 0.1) is 0 Å². The third kappa shape index (κ3) is 10.3. The monoisotopic (exact) mass is 483 g/mol. The van der Waals surface area contributed by atoms with Crippen molar-refractivity contribution in [1.29, 1.82) is 0 Å². The first kappa shape index (κ1) is 28.2. The van der Waals surface area contributed by atoms with Gasteiger partial charge in [-0.1, -0.05) is 150 Å². The van der Waals surface area contributed by atoms with Crippen LogP contribution in [0.4, 0.5) is 0 Å². The van der Waals surface area contributed by atoms with Crippen LogP contribution in [-0.2, 0) is 6.42 Å². The van der Waals surface area contributed by atoms with Gasteiger partial charge in [0.1, 0.15) is 0 Å². The first-order valence-electron chi connectivity index (χ1n) is 14.7. The fourth-order valence-corrected chi connectivity index (χ4v) is 5.25. The van der Waals surface area contributed by atoms with Crippen molar-refractivity contribution >= 4 is 0 Å². The number of nitrogens with one attached hydrogen (secondary N) is 1. The Morgan fingerprint density at radius 2 is 1.06 bits per heavy atom. The lowest BCUT2D eigenvalue weighted by Gasteiger charge is -2.21. The van der Waals surface area contributed by atoms with Gasteiger partial charge in [0, 0.05) is 12.0 Å². The summed E-state index contributed by atoms with van der Waals surface area (Å²) in [4.78, 5) is 0. The second-order valence-electron chi connectivity index (χ2n) is 10.5. The van der Waals surface area contributed by atoms with Crippen LogP contribution in [-0.4, -0.2) is 6.54 Å². The zero-order chi connectivity index (χ0) is 25.3. The Morgan fingerprint density at radius 3 is 1.58 bits per heavy atom. The summed E-state index contributed by atoms with van der Waals surface area (Å²) in [5.41, 5.74) is 5.67. The molecule has 1 nitrogen and oxygen atoms in total. The molecule has 0 fully saturated rings. The molecule has 1 unspecified atom stereocenters. The van der Waals surface area contributed by atoms with Crippen LogP contribution in [0.5, 0.6) is 0 Å².